The van der Waals surface area contributed by atoms with Gasteiger partial charge in [0.1, 0.15) is 0 Å². The van der Waals surface area contributed by atoms with Gasteiger partial charge in [-0.15, -0.1) is 0 Å². The van der Waals surface area contributed by atoms with Gasteiger partial charge in [-0.2, -0.15) is 0 Å². The monoisotopic (exact) mass is 345 g/mol. The largest absolute Gasteiger partial charge is 0.369 e. The number of aliphatic imine (C=N–C) groups is 1. The van der Waals surface area contributed by atoms with E-state index in [1.807, 2.05) is 0 Å². The van der Waals surface area contributed by atoms with Gasteiger partial charge >= 0.3 is 0 Å². The fourth-order valence-corrected chi connectivity index (χ4v) is 3.21. The third-order valence-corrected chi connectivity index (χ3v) is 4.78. The molecule has 0 radical (unpaired) electrons. The Kier molecular flexibility index (Phi) is 7.73. The molecular weight excluding hydrogens is 314 g/mol. The van der Waals surface area contributed by atoms with Crippen LogP contribution in [0, 0.1) is 12.8 Å². The number of guanidine groups is 1. The number of piperidine rings is 1. The number of likely N-dealkylation sites (tertiary alicyclic amines) is 1. The number of carbonyl (C=O) groups is 1. The highest BCUT2D eigenvalue weighted by atomic mass is 16.1. The van der Waals surface area contributed by atoms with Gasteiger partial charge in [-0.25, -0.2) is 0 Å². The standard InChI is InChI=1S/C19H31N5O/c1-15-7-3-4-8-16(15)13-23-19(21-2)22-10-6-12-24-11-5-9-17(14-24)18(20)25/h3-4,7-8,17H,5-6,9-14H2,1-2H3,(H2,20,25)(H2,21,22,23). The molecule has 1 atom stereocenters. The summed E-state index contributed by atoms with van der Waals surface area (Å²) in [5.74, 6) is 0.672. The second-order valence-corrected chi connectivity index (χ2v) is 6.67. The van der Waals surface area contributed by atoms with Crippen LogP contribution in [-0.2, 0) is 11.3 Å². The lowest BCUT2D eigenvalue weighted by atomic mass is 9.97. The molecule has 0 saturated carbocycles. The molecule has 6 heteroatoms. The molecule has 1 fully saturated rings. The molecule has 6 nitrogen and oxygen atoms in total. The van der Waals surface area contributed by atoms with Crippen LogP contribution in [0.4, 0.5) is 0 Å². The Morgan fingerprint density at radius 3 is 2.88 bits per heavy atom. The third kappa shape index (κ3) is 6.38. The van der Waals surface area contributed by atoms with Crippen LogP contribution in [-0.4, -0.2) is 50.0 Å². The SMILES string of the molecule is CN=C(NCCCN1CCCC(C(N)=O)C1)NCc1ccccc1C. The highest BCUT2D eigenvalue weighted by molar-refractivity contribution is 5.79. The molecule has 25 heavy (non-hydrogen) atoms. The molecule has 0 aromatic heterocycles. The number of carbonyl (C=O) groups excluding carboxylic acids is 1. The minimum Gasteiger partial charge on any atom is -0.369 e. The third-order valence-electron chi connectivity index (χ3n) is 4.78. The number of nitrogens with one attached hydrogen (secondary N) is 2. The van der Waals surface area contributed by atoms with Crippen LogP contribution in [0.2, 0.25) is 0 Å². The average Bonchev–Trinajstić information content (AvgIpc) is 2.62. The van der Waals surface area contributed by atoms with Crippen LogP contribution in [0.15, 0.2) is 29.3 Å². The fourth-order valence-electron chi connectivity index (χ4n) is 3.21. The Hall–Kier alpha value is -2.08. The predicted molar refractivity (Wildman–Crippen MR) is 102 cm³/mol. The van der Waals surface area contributed by atoms with Crippen molar-refractivity contribution in [3.8, 4) is 0 Å². The van der Waals surface area contributed by atoms with Crippen molar-refractivity contribution in [1.29, 1.82) is 0 Å². The molecule has 0 aliphatic carbocycles. The molecule has 1 aromatic carbocycles. The van der Waals surface area contributed by atoms with E-state index in [0.29, 0.717) is 0 Å². The number of aryl methyl sites for hydroxylation is 1. The smallest absolute Gasteiger partial charge is 0.221 e. The Balaban J connectivity index is 1.66. The minimum absolute atomic E-state index is 0.0188. The van der Waals surface area contributed by atoms with Gasteiger partial charge < -0.3 is 21.3 Å². The molecule has 1 aliphatic heterocycles. The zero-order valence-corrected chi connectivity index (χ0v) is 15.4. The van der Waals surface area contributed by atoms with E-state index >= 15 is 0 Å². The van der Waals surface area contributed by atoms with E-state index in [9.17, 15) is 4.79 Å². The lowest BCUT2D eigenvalue weighted by Gasteiger charge is -2.31. The molecule has 1 aromatic rings. The topological polar surface area (TPSA) is 82.8 Å². The van der Waals surface area contributed by atoms with E-state index in [1.165, 1.54) is 11.1 Å². The quantitative estimate of drug-likeness (QED) is 0.395. The van der Waals surface area contributed by atoms with Crippen molar-refractivity contribution in [2.45, 2.75) is 32.7 Å². The molecule has 1 heterocycles. The zero-order valence-electron chi connectivity index (χ0n) is 15.4. The number of nitrogens with zero attached hydrogens (tertiary/aromatic N) is 2. The summed E-state index contributed by atoms with van der Waals surface area (Å²) in [5, 5.41) is 6.70. The molecule has 1 amide bonds. The molecule has 1 aliphatic rings. The zero-order chi connectivity index (χ0) is 18.1. The molecule has 4 N–H and O–H groups in total. The number of primary amides is 1. The first-order valence-electron chi connectivity index (χ1n) is 9.11. The van der Waals surface area contributed by atoms with E-state index in [-0.39, 0.29) is 11.8 Å². The fraction of sp³-hybridized carbons (Fsp3) is 0.579. The first-order valence-corrected chi connectivity index (χ1v) is 9.11. The summed E-state index contributed by atoms with van der Waals surface area (Å²) >= 11 is 0. The maximum absolute atomic E-state index is 11.3. The molecule has 1 saturated heterocycles. The Bertz CT molecular complexity index is 587. The molecular formula is C19H31N5O. The van der Waals surface area contributed by atoms with Crippen LogP contribution in [0.1, 0.15) is 30.4 Å². The second-order valence-electron chi connectivity index (χ2n) is 6.67. The van der Waals surface area contributed by atoms with E-state index in [2.05, 4.69) is 51.7 Å². The number of hydrogen-bond acceptors (Lipinski definition) is 3. The van der Waals surface area contributed by atoms with Crippen molar-refractivity contribution < 1.29 is 4.79 Å². The van der Waals surface area contributed by atoms with Crippen LogP contribution in [0.25, 0.3) is 0 Å². The lowest BCUT2D eigenvalue weighted by Crippen LogP contribution is -2.42. The highest BCUT2D eigenvalue weighted by Gasteiger charge is 2.23. The van der Waals surface area contributed by atoms with Crippen molar-refractivity contribution in [2.24, 2.45) is 16.6 Å². The van der Waals surface area contributed by atoms with Gasteiger partial charge in [0.15, 0.2) is 5.96 Å². The number of rotatable bonds is 7. The van der Waals surface area contributed by atoms with Crippen molar-refractivity contribution in [3.05, 3.63) is 35.4 Å². The van der Waals surface area contributed by atoms with Crippen LogP contribution in [0.3, 0.4) is 0 Å². The molecule has 2 rings (SSSR count). The van der Waals surface area contributed by atoms with Crippen LogP contribution in [0.5, 0.6) is 0 Å². The number of benzene rings is 1. The summed E-state index contributed by atoms with van der Waals surface area (Å²) in [5.41, 5.74) is 7.98. The van der Waals surface area contributed by atoms with Gasteiger partial charge in [0.2, 0.25) is 5.91 Å². The first kappa shape index (κ1) is 19.2. The maximum atomic E-state index is 11.3. The van der Waals surface area contributed by atoms with Gasteiger partial charge in [-0.05, 0) is 50.4 Å². The summed E-state index contributed by atoms with van der Waals surface area (Å²) < 4.78 is 0. The van der Waals surface area contributed by atoms with E-state index in [4.69, 9.17) is 5.73 Å². The van der Waals surface area contributed by atoms with Crippen molar-refractivity contribution in [2.75, 3.05) is 33.2 Å². The number of hydrogen-bond donors (Lipinski definition) is 3. The minimum atomic E-state index is -0.163. The van der Waals surface area contributed by atoms with Gasteiger partial charge in [-0.3, -0.25) is 9.79 Å². The number of nitrogens with two attached hydrogens (primary N) is 1. The van der Waals surface area contributed by atoms with Crippen LogP contribution < -0.4 is 16.4 Å². The summed E-state index contributed by atoms with van der Waals surface area (Å²) in [6.07, 6.45) is 3.00. The van der Waals surface area contributed by atoms with Gasteiger partial charge in [0, 0.05) is 26.7 Å². The Labute approximate surface area is 150 Å². The van der Waals surface area contributed by atoms with Crippen molar-refractivity contribution in [3.63, 3.8) is 0 Å². The Morgan fingerprint density at radius 2 is 2.16 bits per heavy atom. The van der Waals surface area contributed by atoms with Crippen LogP contribution >= 0.6 is 0 Å². The predicted octanol–water partition coefficient (Wildman–Crippen LogP) is 1.25. The molecule has 0 bridgehead atoms. The molecule has 138 valence electrons. The average molecular weight is 345 g/mol. The normalized spacial score (nSPS) is 18.8. The maximum Gasteiger partial charge on any atom is 0.221 e. The van der Waals surface area contributed by atoms with E-state index in [1.54, 1.807) is 7.05 Å². The summed E-state index contributed by atoms with van der Waals surface area (Å²) in [7, 11) is 1.79. The van der Waals surface area contributed by atoms with E-state index in [0.717, 1.165) is 57.9 Å². The summed E-state index contributed by atoms with van der Waals surface area (Å²) in [6, 6.07) is 8.35. The highest BCUT2D eigenvalue weighted by Crippen LogP contribution is 2.15. The first-order chi connectivity index (χ1) is 12.1. The van der Waals surface area contributed by atoms with Crippen molar-refractivity contribution in [1.82, 2.24) is 15.5 Å². The van der Waals surface area contributed by atoms with Crippen molar-refractivity contribution >= 4 is 11.9 Å². The second kappa shape index (κ2) is 10.0. The number of amides is 1. The molecule has 0 spiro atoms. The van der Waals surface area contributed by atoms with Gasteiger partial charge in [-0.1, -0.05) is 24.3 Å². The molecule has 1 unspecified atom stereocenters. The van der Waals surface area contributed by atoms with Gasteiger partial charge in [0.05, 0.1) is 5.92 Å². The van der Waals surface area contributed by atoms with E-state index < -0.39 is 0 Å². The van der Waals surface area contributed by atoms with Gasteiger partial charge in [0.25, 0.3) is 0 Å². The summed E-state index contributed by atoms with van der Waals surface area (Å²) in [4.78, 5) is 17.9. The Morgan fingerprint density at radius 1 is 1.36 bits per heavy atom. The summed E-state index contributed by atoms with van der Waals surface area (Å²) in [6.45, 7) is 6.57. The lowest BCUT2D eigenvalue weighted by molar-refractivity contribution is -0.123.